The molecule has 1 saturated heterocycles. The van der Waals surface area contributed by atoms with Crippen LogP contribution < -0.4 is 9.64 Å². The SMILES string of the molecule is COc1cnc(N2CCC(C(F)F)CC2)nc1. The summed E-state index contributed by atoms with van der Waals surface area (Å²) in [5, 5.41) is 0. The molecule has 0 aromatic carbocycles. The lowest BCUT2D eigenvalue weighted by molar-refractivity contribution is 0.0634. The molecule has 0 saturated carbocycles. The van der Waals surface area contributed by atoms with Crippen LogP contribution in [0, 0.1) is 5.92 Å². The van der Waals surface area contributed by atoms with E-state index in [2.05, 4.69) is 9.97 Å². The van der Waals surface area contributed by atoms with E-state index >= 15 is 0 Å². The van der Waals surface area contributed by atoms with Gasteiger partial charge in [-0.15, -0.1) is 0 Å². The van der Waals surface area contributed by atoms with Gasteiger partial charge in [-0.25, -0.2) is 18.7 Å². The molecule has 17 heavy (non-hydrogen) atoms. The number of piperidine rings is 1. The molecule has 2 rings (SSSR count). The zero-order valence-corrected chi connectivity index (χ0v) is 9.64. The van der Waals surface area contributed by atoms with Gasteiger partial charge in [0, 0.05) is 19.0 Å². The quantitative estimate of drug-likeness (QED) is 0.813. The normalized spacial score (nSPS) is 17.5. The topological polar surface area (TPSA) is 38.2 Å². The highest BCUT2D eigenvalue weighted by Crippen LogP contribution is 2.25. The van der Waals surface area contributed by atoms with Crippen molar-refractivity contribution >= 4 is 5.95 Å². The fourth-order valence-electron chi connectivity index (χ4n) is 1.93. The Bertz CT molecular complexity index is 350. The van der Waals surface area contributed by atoms with Crippen LogP contribution in [-0.4, -0.2) is 36.6 Å². The van der Waals surface area contributed by atoms with Crippen LogP contribution in [-0.2, 0) is 0 Å². The van der Waals surface area contributed by atoms with Crippen molar-refractivity contribution in [2.45, 2.75) is 19.3 Å². The van der Waals surface area contributed by atoms with E-state index in [0.29, 0.717) is 37.6 Å². The fourth-order valence-corrected chi connectivity index (χ4v) is 1.93. The first-order chi connectivity index (χ1) is 8.20. The van der Waals surface area contributed by atoms with Gasteiger partial charge in [-0.3, -0.25) is 0 Å². The van der Waals surface area contributed by atoms with E-state index in [1.165, 1.54) is 0 Å². The monoisotopic (exact) mass is 243 g/mol. The van der Waals surface area contributed by atoms with E-state index in [9.17, 15) is 8.78 Å². The maximum Gasteiger partial charge on any atom is 0.241 e. The van der Waals surface area contributed by atoms with Crippen LogP contribution >= 0.6 is 0 Å². The van der Waals surface area contributed by atoms with Gasteiger partial charge < -0.3 is 9.64 Å². The van der Waals surface area contributed by atoms with E-state index < -0.39 is 12.3 Å². The van der Waals surface area contributed by atoms with Gasteiger partial charge in [0.2, 0.25) is 12.4 Å². The van der Waals surface area contributed by atoms with Gasteiger partial charge >= 0.3 is 0 Å². The Morgan fingerprint density at radius 1 is 1.29 bits per heavy atom. The summed E-state index contributed by atoms with van der Waals surface area (Å²) in [6, 6.07) is 0. The number of hydrogen-bond acceptors (Lipinski definition) is 4. The van der Waals surface area contributed by atoms with Crippen LogP contribution in [0.25, 0.3) is 0 Å². The van der Waals surface area contributed by atoms with Gasteiger partial charge in [-0.1, -0.05) is 0 Å². The molecule has 0 atom stereocenters. The minimum atomic E-state index is -2.21. The number of aromatic nitrogens is 2. The number of methoxy groups -OCH3 is 1. The number of rotatable bonds is 3. The molecule has 1 aromatic rings. The maximum absolute atomic E-state index is 12.5. The Labute approximate surface area is 98.6 Å². The third kappa shape index (κ3) is 2.81. The van der Waals surface area contributed by atoms with Crippen LogP contribution in [0.5, 0.6) is 5.75 Å². The van der Waals surface area contributed by atoms with Crippen molar-refractivity contribution in [2.75, 3.05) is 25.1 Å². The molecule has 94 valence electrons. The van der Waals surface area contributed by atoms with Gasteiger partial charge in [0.05, 0.1) is 19.5 Å². The Kier molecular flexibility index (Phi) is 3.71. The first-order valence-electron chi connectivity index (χ1n) is 5.60. The van der Waals surface area contributed by atoms with E-state index in [4.69, 9.17) is 4.74 Å². The minimum Gasteiger partial charge on any atom is -0.494 e. The van der Waals surface area contributed by atoms with Crippen LogP contribution in [0.15, 0.2) is 12.4 Å². The number of halogens is 2. The highest BCUT2D eigenvalue weighted by atomic mass is 19.3. The third-order valence-corrected chi connectivity index (χ3v) is 3.03. The zero-order valence-electron chi connectivity index (χ0n) is 9.64. The molecule has 1 aromatic heterocycles. The first-order valence-corrected chi connectivity index (χ1v) is 5.60. The highest BCUT2D eigenvalue weighted by molar-refractivity contribution is 5.31. The predicted octanol–water partition coefficient (Wildman–Crippen LogP) is 1.97. The van der Waals surface area contributed by atoms with Crippen molar-refractivity contribution in [1.29, 1.82) is 0 Å². The number of anilines is 1. The highest BCUT2D eigenvalue weighted by Gasteiger charge is 2.27. The molecule has 2 heterocycles. The molecule has 0 unspecified atom stereocenters. The predicted molar refractivity (Wildman–Crippen MR) is 59.5 cm³/mol. The van der Waals surface area contributed by atoms with Crippen LogP contribution in [0.3, 0.4) is 0 Å². The van der Waals surface area contributed by atoms with Crippen molar-refractivity contribution in [1.82, 2.24) is 9.97 Å². The molecule has 0 radical (unpaired) electrons. The average molecular weight is 243 g/mol. The van der Waals surface area contributed by atoms with Gasteiger partial charge in [0.25, 0.3) is 0 Å². The Balaban J connectivity index is 1.95. The van der Waals surface area contributed by atoms with Gasteiger partial charge in [0.15, 0.2) is 5.75 Å². The summed E-state index contributed by atoms with van der Waals surface area (Å²) >= 11 is 0. The lowest BCUT2D eigenvalue weighted by Gasteiger charge is -2.31. The molecule has 0 spiro atoms. The molecule has 1 fully saturated rings. The second kappa shape index (κ2) is 5.25. The van der Waals surface area contributed by atoms with Gasteiger partial charge in [-0.05, 0) is 12.8 Å². The van der Waals surface area contributed by atoms with Crippen LogP contribution in [0.2, 0.25) is 0 Å². The van der Waals surface area contributed by atoms with E-state index in [-0.39, 0.29) is 0 Å². The summed E-state index contributed by atoms with van der Waals surface area (Å²) in [6.45, 7) is 1.17. The van der Waals surface area contributed by atoms with E-state index in [1.807, 2.05) is 4.90 Å². The number of nitrogens with zero attached hydrogens (tertiary/aromatic N) is 3. The van der Waals surface area contributed by atoms with E-state index in [1.54, 1.807) is 19.5 Å². The standard InChI is InChI=1S/C11H15F2N3O/c1-17-9-6-14-11(15-7-9)16-4-2-8(3-5-16)10(12)13/h6-8,10H,2-5H2,1H3. The summed E-state index contributed by atoms with van der Waals surface area (Å²) in [7, 11) is 1.55. The summed E-state index contributed by atoms with van der Waals surface area (Å²) in [4.78, 5) is 10.2. The number of alkyl halides is 2. The fraction of sp³-hybridized carbons (Fsp3) is 0.636. The summed E-state index contributed by atoms with van der Waals surface area (Å²) < 4.78 is 29.9. The second-order valence-electron chi connectivity index (χ2n) is 4.08. The average Bonchev–Trinajstić information content (AvgIpc) is 2.39. The lowest BCUT2D eigenvalue weighted by Crippen LogP contribution is -2.36. The Hall–Kier alpha value is -1.46. The lowest BCUT2D eigenvalue weighted by atomic mass is 9.98. The van der Waals surface area contributed by atoms with Crippen molar-refractivity contribution in [2.24, 2.45) is 5.92 Å². The van der Waals surface area contributed by atoms with Crippen molar-refractivity contribution in [3.63, 3.8) is 0 Å². The largest absolute Gasteiger partial charge is 0.494 e. The maximum atomic E-state index is 12.5. The Morgan fingerprint density at radius 2 is 1.88 bits per heavy atom. The molecule has 4 nitrogen and oxygen atoms in total. The number of hydrogen-bond donors (Lipinski definition) is 0. The minimum absolute atomic E-state index is 0.482. The second-order valence-corrected chi connectivity index (χ2v) is 4.08. The summed E-state index contributed by atoms with van der Waals surface area (Å²) in [5.74, 6) is 0.694. The van der Waals surface area contributed by atoms with E-state index in [0.717, 1.165) is 0 Å². The van der Waals surface area contributed by atoms with Crippen LogP contribution in [0.1, 0.15) is 12.8 Å². The molecular weight excluding hydrogens is 228 g/mol. The smallest absolute Gasteiger partial charge is 0.241 e. The van der Waals surface area contributed by atoms with Crippen molar-refractivity contribution in [3.05, 3.63) is 12.4 Å². The molecule has 1 aliphatic rings. The molecule has 0 aliphatic carbocycles. The van der Waals surface area contributed by atoms with Crippen molar-refractivity contribution < 1.29 is 13.5 Å². The molecule has 0 amide bonds. The molecule has 1 aliphatic heterocycles. The molecule has 6 heteroatoms. The summed E-state index contributed by atoms with van der Waals surface area (Å²) in [6.07, 6.45) is 1.94. The molecule has 0 N–H and O–H groups in total. The molecule has 0 bridgehead atoms. The third-order valence-electron chi connectivity index (χ3n) is 3.03. The van der Waals surface area contributed by atoms with Gasteiger partial charge in [-0.2, -0.15) is 0 Å². The van der Waals surface area contributed by atoms with Gasteiger partial charge in [0.1, 0.15) is 0 Å². The first kappa shape index (κ1) is 12.0. The van der Waals surface area contributed by atoms with Crippen LogP contribution in [0.4, 0.5) is 14.7 Å². The van der Waals surface area contributed by atoms with Crippen molar-refractivity contribution in [3.8, 4) is 5.75 Å². The molecular formula is C11H15F2N3O. The summed E-state index contributed by atoms with van der Waals surface area (Å²) in [5.41, 5.74) is 0. The Morgan fingerprint density at radius 3 is 2.35 bits per heavy atom. The number of ether oxygens (including phenoxy) is 1. The zero-order chi connectivity index (χ0) is 12.3.